The molecule has 0 saturated carbocycles. The lowest BCUT2D eigenvalue weighted by Gasteiger charge is -2.31. The SMILES string of the molecule is COc1ccc([C@@H]2NC(=O)N(C)C3=C2C(=O)N([C@@H](C)C(C)C)C3)cc1. The van der Waals surface area contributed by atoms with Gasteiger partial charge in [0.05, 0.1) is 31.0 Å². The highest BCUT2D eigenvalue weighted by Crippen LogP contribution is 2.37. The lowest BCUT2D eigenvalue weighted by molar-refractivity contribution is -0.128. The average molecular weight is 343 g/mol. The number of nitrogens with zero attached hydrogens (tertiary/aromatic N) is 2. The maximum atomic E-state index is 13.1. The Hall–Kier alpha value is -2.50. The molecule has 0 fully saturated rings. The molecule has 2 aliphatic heterocycles. The highest BCUT2D eigenvalue weighted by Gasteiger charge is 2.44. The van der Waals surface area contributed by atoms with Crippen LogP contribution in [0.1, 0.15) is 32.4 Å². The Morgan fingerprint density at radius 2 is 1.80 bits per heavy atom. The number of amides is 3. The summed E-state index contributed by atoms with van der Waals surface area (Å²) in [5.41, 5.74) is 2.34. The standard InChI is InChI=1S/C19H25N3O3/c1-11(2)12(3)22-10-15-16(18(22)23)17(20-19(24)21(15)4)13-6-8-14(25-5)9-7-13/h6-9,11-12,17H,10H2,1-5H3,(H,20,24)/t12-,17-/m0/s1. The third-order valence-corrected chi connectivity index (χ3v) is 5.29. The minimum Gasteiger partial charge on any atom is -0.497 e. The van der Waals surface area contributed by atoms with E-state index in [0.29, 0.717) is 18.0 Å². The molecule has 0 spiro atoms. The highest BCUT2D eigenvalue weighted by molar-refractivity contribution is 6.01. The smallest absolute Gasteiger partial charge is 0.322 e. The first-order valence-electron chi connectivity index (χ1n) is 8.57. The number of urea groups is 1. The van der Waals surface area contributed by atoms with Crippen LogP contribution in [-0.2, 0) is 4.79 Å². The number of benzene rings is 1. The fraction of sp³-hybridized carbons (Fsp3) is 0.474. The van der Waals surface area contributed by atoms with Gasteiger partial charge in [-0.25, -0.2) is 4.79 Å². The van der Waals surface area contributed by atoms with Crippen molar-refractivity contribution in [2.24, 2.45) is 5.92 Å². The molecule has 2 heterocycles. The molecular formula is C19H25N3O3. The van der Waals surface area contributed by atoms with Crippen LogP contribution in [0.2, 0.25) is 0 Å². The molecule has 1 aromatic carbocycles. The van der Waals surface area contributed by atoms with Crippen molar-refractivity contribution in [2.75, 3.05) is 20.7 Å². The molecule has 0 saturated heterocycles. The summed E-state index contributed by atoms with van der Waals surface area (Å²) in [6.07, 6.45) is 0. The molecule has 3 rings (SSSR count). The van der Waals surface area contributed by atoms with Crippen molar-refractivity contribution in [1.29, 1.82) is 0 Å². The second-order valence-corrected chi connectivity index (χ2v) is 6.99. The van der Waals surface area contributed by atoms with Crippen LogP contribution in [0.25, 0.3) is 0 Å². The van der Waals surface area contributed by atoms with E-state index in [1.165, 1.54) is 0 Å². The molecule has 6 nitrogen and oxygen atoms in total. The predicted octanol–water partition coefficient (Wildman–Crippen LogP) is 2.53. The van der Waals surface area contributed by atoms with Crippen LogP contribution in [0.4, 0.5) is 4.79 Å². The summed E-state index contributed by atoms with van der Waals surface area (Å²) in [6, 6.07) is 6.95. The molecule has 0 unspecified atom stereocenters. The van der Waals surface area contributed by atoms with Crippen molar-refractivity contribution >= 4 is 11.9 Å². The van der Waals surface area contributed by atoms with Crippen molar-refractivity contribution in [3.05, 3.63) is 41.1 Å². The van der Waals surface area contributed by atoms with Gasteiger partial charge >= 0.3 is 6.03 Å². The van der Waals surface area contributed by atoms with Crippen molar-refractivity contribution in [2.45, 2.75) is 32.9 Å². The number of carbonyl (C=O) groups is 2. The van der Waals surface area contributed by atoms with E-state index in [-0.39, 0.29) is 18.0 Å². The first-order valence-corrected chi connectivity index (χ1v) is 8.57. The van der Waals surface area contributed by atoms with E-state index in [0.717, 1.165) is 17.0 Å². The molecule has 1 N–H and O–H groups in total. The van der Waals surface area contributed by atoms with Gasteiger partial charge < -0.3 is 15.0 Å². The molecule has 1 aromatic rings. The van der Waals surface area contributed by atoms with E-state index in [4.69, 9.17) is 4.74 Å². The number of likely N-dealkylation sites (N-methyl/N-ethyl adjacent to an activating group) is 1. The molecule has 0 aliphatic carbocycles. The van der Waals surface area contributed by atoms with Crippen molar-refractivity contribution < 1.29 is 14.3 Å². The Kier molecular flexibility index (Phi) is 4.45. The molecule has 25 heavy (non-hydrogen) atoms. The summed E-state index contributed by atoms with van der Waals surface area (Å²) in [5.74, 6) is 1.09. The van der Waals surface area contributed by atoms with E-state index in [9.17, 15) is 9.59 Å². The zero-order chi connectivity index (χ0) is 18.3. The van der Waals surface area contributed by atoms with Crippen LogP contribution in [0.5, 0.6) is 5.75 Å². The lowest BCUT2D eigenvalue weighted by atomic mass is 9.95. The predicted molar refractivity (Wildman–Crippen MR) is 95.1 cm³/mol. The largest absolute Gasteiger partial charge is 0.497 e. The highest BCUT2D eigenvalue weighted by atomic mass is 16.5. The molecule has 2 atom stereocenters. The van der Waals surface area contributed by atoms with Crippen molar-refractivity contribution in [3.8, 4) is 5.75 Å². The third-order valence-electron chi connectivity index (χ3n) is 5.29. The van der Waals surface area contributed by atoms with Gasteiger partial charge in [0.2, 0.25) is 0 Å². The Morgan fingerprint density at radius 3 is 2.36 bits per heavy atom. The average Bonchev–Trinajstić information content (AvgIpc) is 2.95. The maximum Gasteiger partial charge on any atom is 0.322 e. The fourth-order valence-corrected chi connectivity index (χ4v) is 3.32. The van der Waals surface area contributed by atoms with Crippen LogP contribution < -0.4 is 10.1 Å². The molecule has 3 amide bonds. The van der Waals surface area contributed by atoms with Gasteiger partial charge in [-0.2, -0.15) is 0 Å². The Balaban J connectivity index is 1.99. The quantitative estimate of drug-likeness (QED) is 0.914. The minimum absolute atomic E-state index is 0.00358. The number of hydrogen-bond donors (Lipinski definition) is 1. The molecule has 6 heteroatoms. The number of nitrogens with one attached hydrogen (secondary N) is 1. The van der Waals surface area contributed by atoms with Gasteiger partial charge in [0, 0.05) is 13.1 Å². The van der Waals surface area contributed by atoms with Crippen LogP contribution >= 0.6 is 0 Å². The van der Waals surface area contributed by atoms with Crippen LogP contribution in [-0.4, -0.2) is 48.5 Å². The molecule has 0 aromatic heterocycles. The lowest BCUT2D eigenvalue weighted by Crippen LogP contribution is -2.45. The van der Waals surface area contributed by atoms with E-state index in [1.807, 2.05) is 29.2 Å². The summed E-state index contributed by atoms with van der Waals surface area (Å²) in [4.78, 5) is 28.9. The Labute approximate surface area is 148 Å². The molecule has 2 aliphatic rings. The molecular weight excluding hydrogens is 318 g/mol. The van der Waals surface area contributed by atoms with E-state index < -0.39 is 6.04 Å². The number of methoxy groups -OCH3 is 1. The van der Waals surface area contributed by atoms with Gasteiger partial charge in [-0.15, -0.1) is 0 Å². The van der Waals surface area contributed by atoms with Gasteiger partial charge in [-0.05, 0) is 30.5 Å². The number of carbonyl (C=O) groups excluding carboxylic acids is 2. The van der Waals surface area contributed by atoms with E-state index in [1.54, 1.807) is 19.1 Å². The van der Waals surface area contributed by atoms with Crippen molar-refractivity contribution in [1.82, 2.24) is 15.1 Å². The summed E-state index contributed by atoms with van der Waals surface area (Å²) >= 11 is 0. The van der Waals surface area contributed by atoms with Gasteiger partial charge in [0.25, 0.3) is 5.91 Å². The molecule has 134 valence electrons. The summed E-state index contributed by atoms with van der Waals surface area (Å²) in [7, 11) is 3.32. The number of ether oxygens (including phenoxy) is 1. The topological polar surface area (TPSA) is 61.9 Å². The second-order valence-electron chi connectivity index (χ2n) is 6.99. The van der Waals surface area contributed by atoms with Gasteiger partial charge in [0.1, 0.15) is 5.75 Å². The minimum atomic E-state index is -0.429. The monoisotopic (exact) mass is 343 g/mol. The third kappa shape index (κ3) is 2.86. The van der Waals surface area contributed by atoms with Crippen LogP contribution in [0.3, 0.4) is 0 Å². The Bertz CT molecular complexity index is 724. The van der Waals surface area contributed by atoms with Gasteiger partial charge in [0.15, 0.2) is 0 Å². The molecule has 0 radical (unpaired) electrons. The fourth-order valence-electron chi connectivity index (χ4n) is 3.32. The summed E-state index contributed by atoms with van der Waals surface area (Å²) in [6.45, 7) is 6.73. The zero-order valence-electron chi connectivity index (χ0n) is 15.4. The van der Waals surface area contributed by atoms with Crippen LogP contribution in [0.15, 0.2) is 35.5 Å². The van der Waals surface area contributed by atoms with E-state index >= 15 is 0 Å². The maximum absolute atomic E-state index is 13.1. The van der Waals surface area contributed by atoms with Gasteiger partial charge in [-0.1, -0.05) is 26.0 Å². The van der Waals surface area contributed by atoms with E-state index in [2.05, 4.69) is 26.1 Å². The van der Waals surface area contributed by atoms with Gasteiger partial charge in [-0.3, -0.25) is 9.69 Å². The first kappa shape index (κ1) is 17.3. The van der Waals surface area contributed by atoms with Crippen LogP contribution in [0, 0.1) is 5.92 Å². The number of hydrogen-bond acceptors (Lipinski definition) is 3. The summed E-state index contributed by atoms with van der Waals surface area (Å²) < 4.78 is 5.19. The second kappa shape index (κ2) is 6.43. The summed E-state index contributed by atoms with van der Waals surface area (Å²) in [5, 5.41) is 2.95. The normalized spacial score (nSPS) is 21.6. The first-order chi connectivity index (χ1) is 11.8. The van der Waals surface area contributed by atoms with Crippen molar-refractivity contribution in [3.63, 3.8) is 0 Å². The number of rotatable bonds is 4. The molecule has 0 bridgehead atoms. The Morgan fingerprint density at radius 1 is 1.16 bits per heavy atom. The zero-order valence-corrected chi connectivity index (χ0v) is 15.4.